The number of aryl methyl sites for hydroxylation is 2. The third-order valence-corrected chi connectivity index (χ3v) is 8.30. The number of nitrogens with zero attached hydrogens (tertiary/aromatic N) is 4. The van der Waals surface area contributed by atoms with Crippen LogP contribution in [-0.4, -0.2) is 53.4 Å². The van der Waals surface area contributed by atoms with E-state index in [-0.39, 0.29) is 22.2 Å². The first-order chi connectivity index (χ1) is 15.7. The number of anilines is 1. The minimum absolute atomic E-state index is 0.0594. The number of carbonyl (C=O) groups is 1. The molecule has 0 spiro atoms. The first-order valence-corrected chi connectivity index (χ1v) is 12.0. The lowest BCUT2D eigenvalue weighted by Crippen LogP contribution is -2.50. The van der Waals surface area contributed by atoms with Crippen molar-refractivity contribution in [1.29, 1.82) is 0 Å². The van der Waals surface area contributed by atoms with Crippen LogP contribution in [0.15, 0.2) is 52.1 Å². The van der Waals surface area contributed by atoms with Crippen LogP contribution < -0.4 is 11.1 Å². The van der Waals surface area contributed by atoms with Crippen molar-refractivity contribution in [3.63, 3.8) is 0 Å². The summed E-state index contributed by atoms with van der Waals surface area (Å²) >= 11 is 0. The summed E-state index contributed by atoms with van der Waals surface area (Å²) in [6.45, 7) is 4.12. The van der Waals surface area contributed by atoms with Crippen molar-refractivity contribution in [2.24, 2.45) is 0 Å². The number of hydrogen-bond donors (Lipinski definition) is 2. The van der Waals surface area contributed by atoms with Gasteiger partial charge in [-0.15, -0.1) is 0 Å². The second kappa shape index (κ2) is 8.91. The highest BCUT2D eigenvalue weighted by atomic mass is 32.2. The molecule has 0 atom stereocenters. The van der Waals surface area contributed by atoms with Gasteiger partial charge in [0.2, 0.25) is 10.0 Å². The summed E-state index contributed by atoms with van der Waals surface area (Å²) in [5, 5.41) is 6.72. The Morgan fingerprint density at radius 3 is 2.42 bits per heavy atom. The topological polar surface area (TPSA) is 144 Å². The van der Waals surface area contributed by atoms with Crippen LogP contribution in [0, 0.1) is 13.8 Å². The number of rotatable bonds is 6. The molecule has 1 aromatic carbocycles. The Balaban J connectivity index is 1.56. The molecule has 1 aliphatic rings. The predicted molar refractivity (Wildman–Crippen MR) is 121 cm³/mol. The van der Waals surface area contributed by atoms with Crippen LogP contribution in [0.2, 0.25) is 0 Å². The van der Waals surface area contributed by atoms with Gasteiger partial charge in [-0.25, -0.2) is 18.4 Å². The fourth-order valence-electron chi connectivity index (χ4n) is 4.34. The smallest absolute Gasteiger partial charge is 0.273 e. The van der Waals surface area contributed by atoms with Gasteiger partial charge in [0.05, 0.1) is 0 Å². The monoisotopic (exact) mass is 470 g/mol. The minimum Gasteiger partial charge on any atom is -0.382 e. The first kappa shape index (κ1) is 22.9. The van der Waals surface area contributed by atoms with E-state index in [1.54, 1.807) is 13.8 Å². The van der Waals surface area contributed by atoms with E-state index in [9.17, 15) is 13.2 Å². The third-order valence-electron chi connectivity index (χ3n) is 6.16. The van der Waals surface area contributed by atoms with Crippen LogP contribution in [-0.2, 0) is 15.4 Å². The summed E-state index contributed by atoms with van der Waals surface area (Å²) in [5.74, 6) is -0.0768. The molecule has 10 nitrogen and oxygen atoms in total. The number of hydrogen-bond acceptors (Lipinski definition) is 8. The molecule has 174 valence electrons. The third kappa shape index (κ3) is 4.33. The van der Waals surface area contributed by atoms with Gasteiger partial charge in [-0.2, -0.15) is 4.31 Å². The summed E-state index contributed by atoms with van der Waals surface area (Å²) in [4.78, 5) is 20.8. The lowest BCUT2D eigenvalue weighted by Gasteiger charge is -2.41. The quantitative estimate of drug-likeness (QED) is 0.555. The van der Waals surface area contributed by atoms with E-state index in [4.69, 9.17) is 10.3 Å². The van der Waals surface area contributed by atoms with Gasteiger partial charge in [-0.3, -0.25) is 4.79 Å². The maximum atomic E-state index is 13.3. The summed E-state index contributed by atoms with van der Waals surface area (Å²) < 4.78 is 33.0. The molecule has 3 aromatic rings. The highest BCUT2D eigenvalue weighted by Gasteiger charge is 2.41. The molecule has 1 amide bonds. The van der Waals surface area contributed by atoms with Crippen molar-refractivity contribution in [1.82, 2.24) is 24.7 Å². The van der Waals surface area contributed by atoms with Crippen LogP contribution in [0.25, 0.3) is 0 Å². The summed E-state index contributed by atoms with van der Waals surface area (Å²) in [5.41, 5.74) is 6.80. The van der Waals surface area contributed by atoms with E-state index in [1.807, 2.05) is 30.3 Å². The largest absolute Gasteiger partial charge is 0.382 e. The van der Waals surface area contributed by atoms with E-state index < -0.39 is 21.3 Å². The zero-order valence-corrected chi connectivity index (χ0v) is 19.3. The van der Waals surface area contributed by atoms with Gasteiger partial charge in [-0.05, 0) is 32.3 Å². The molecular weight excluding hydrogens is 444 g/mol. The van der Waals surface area contributed by atoms with Crippen molar-refractivity contribution in [3.8, 4) is 0 Å². The highest BCUT2D eigenvalue weighted by molar-refractivity contribution is 7.89. The number of aromatic nitrogens is 3. The number of nitrogens with two attached hydrogens (primary N) is 1. The minimum atomic E-state index is -3.74. The van der Waals surface area contributed by atoms with Crippen LogP contribution in [0.5, 0.6) is 0 Å². The summed E-state index contributed by atoms with van der Waals surface area (Å²) in [6, 6.07) is 9.80. The van der Waals surface area contributed by atoms with Gasteiger partial charge in [0.25, 0.3) is 5.91 Å². The molecule has 1 saturated heterocycles. The van der Waals surface area contributed by atoms with Gasteiger partial charge < -0.3 is 15.6 Å². The van der Waals surface area contributed by atoms with E-state index in [2.05, 4.69) is 20.4 Å². The molecule has 3 N–H and O–H groups in total. The molecule has 33 heavy (non-hydrogen) atoms. The standard InChI is InChI=1S/C22H26N6O4S/c1-15-19(16(2)32-27-15)33(30,31)28-12-8-22(9-13-28,17-6-4-3-5-7-17)14-26-21(29)18-20(23)25-11-10-24-18/h3-7,10-11H,8-9,12-14H2,1-2H3,(H2,23,25)(H,26,29). The molecule has 4 rings (SSSR count). The second-order valence-corrected chi connectivity index (χ2v) is 10.1. The number of benzene rings is 1. The number of nitrogen functional groups attached to an aromatic ring is 1. The Morgan fingerprint density at radius 2 is 1.82 bits per heavy atom. The van der Waals surface area contributed by atoms with Crippen molar-refractivity contribution >= 4 is 21.7 Å². The van der Waals surface area contributed by atoms with Gasteiger partial charge in [0, 0.05) is 37.4 Å². The van der Waals surface area contributed by atoms with Crippen LogP contribution in [0.1, 0.15) is 40.3 Å². The molecule has 0 unspecified atom stereocenters. The fraction of sp³-hybridized carbons (Fsp3) is 0.364. The van der Waals surface area contributed by atoms with Crippen molar-refractivity contribution in [3.05, 3.63) is 65.4 Å². The molecular formula is C22H26N6O4S. The number of piperidine rings is 1. The number of sulfonamides is 1. The molecule has 0 radical (unpaired) electrons. The van der Waals surface area contributed by atoms with Gasteiger partial charge >= 0.3 is 0 Å². The zero-order chi connectivity index (χ0) is 23.6. The van der Waals surface area contributed by atoms with Crippen LogP contribution in [0.4, 0.5) is 5.82 Å². The van der Waals surface area contributed by atoms with Crippen molar-refractivity contribution in [2.75, 3.05) is 25.4 Å². The Bertz CT molecular complexity index is 1230. The Kier molecular flexibility index (Phi) is 6.17. The average molecular weight is 471 g/mol. The fourth-order valence-corrected chi connectivity index (χ4v) is 6.08. The lowest BCUT2D eigenvalue weighted by molar-refractivity contribution is 0.0928. The maximum Gasteiger partial charge on any atom is 0.273 e. The summed E-state index contributed by atoms with van der Waals surface area (Å²) in [6.07, 6.45) is 3.88. The number of carbonyl (C=O) groups excluding carboxylic acids is 1. The number of amides is 1. The van der Waals surface area contributed by atoms with Gasteiger partial charge in [0.15, 0.2) is 17.3 Å². The zero-order valence-electron chi connectivity index (χ0n) is 18.5. The van der Waals surface area contributed by atoms with Crippen LogP contribution in [0.3, 0.4) is 0 Å². The van der Waals surface area contributed by atoms with E-state index in [0.717, 1.165) is 5.56 Å². The predicted octanol–water partition coefficient (Wildman–Crippen LogP) is 1.82. The van der Waals surface area contributed by atoms with Crippen LogP contribution >= 0.6 is 0 Å². The van der Waals surface area contributed by atoms with Crippen molar-refractivity contribution < 1.29 is 17.7 Å². The first-order valence-electron chi connectivity index (χ1n) is 10.6. The maximum absolute atomic E-state index is 13.3. The Labute approximate surface area is 192 Å². The molecule has 0 saturated carbocycles. The summed E-state index contributed by atoms with van der Waals surface area (Å²) in [7, 11) is -3.74. The molecule has 2 aromatic heterocycles. The Morgan fingerprint density at radius 1 is 1.15 bits per heavy atom. The number of nitrogens with one attached hydrogen (secondary N) is 1. The molecule has 1 aliphatic heterocycles. The second-order valence-electron chi connectivity index (χ2n) is 8.18. The van der Waals surface area contributed by atoms with Gasteiger partial charge in [0.1, 0.15) is 10.6 Å². The molecule has 0 bridgehead atoms. The van der Waals surface area contributed by atoms with E-state index >= 15 is 0 Å². The lowest BCUT2D eigenvalue weighted by atomic mass is 9.73. The Hall–Kier alpha value is -3.31. The molecule has 3 heterocycles. The van der Waals surface area contributed by atoms with Gasteiger partial charge in [-0.1, -0.05) is 35.5 Å². The highest BCUT2D eigenvalue weighted by Crippen LogP contribution is 2.37. The molecule has 1 fully saturated rings. The normalized spacial score (nSPS) is 16.4. The van der Waals surface area contributed by atoms with E-state index in [1.165, 1.54) is 16.7 Å². The van der Waals surface area contributed by atoms with E-state index in [0.29, 0.717) is 38.2 Å². The van der Waals surface area contributed by atoms with Crippen molar-refractivity contribution in [2.45, 2.75) is 37.0 Å². The SMILES string of the molecule is Cc1noc(C)c1S(=O)(=O)N1CCC(CNC(=O)c2nccnc2N)(c2ccccc2)CC1. The average Bonchev–Trinajstić information content (AvgIpc) is 3.17. The molecule has 11 heteroatoms. The molecule has 0 aliphatic carbocycles.